The number of fused-ring (bicyclic) bond motifs is 3. The molecule has 1 aliphatic rings. The number of thiophene rings is 1. The fourth-order valence-corrected chi connectivity index (χ4v) is 5.75. The van der Waals surface area contributed by atoms with Crippen LogP contribution in [0.25, 0.3) is 10.2 Å². The van der Waals surface area contributed by atoms with Crippen LogP contribution in [0.5, 0.6) is 0 Å². The Labute approximate surface area is 191 Å². The molecule has 31 heavy (non-hydrogen) atoms. The minimum absolute atomic E-state index is 0.0874. The molecule has 0 radical (unpaired) electrons. The third kappa shape index (κ3) is 4.91. The lowest BCUT2D eigenvalue weighted by molar-refractivity contribution is -0.384. The number of aromatic nitrogens is 2. The van der Waals surface area contributed by atoms with E-state index in [2.05, 4.69) is 15.3 Å². The Kier molecular flexibility index (Phi) is 6.59. The lowest BCUT2D eigenvalue weighted by Gasteiger charge is -2.13. The third-order valence-electron chi connectivity index (χ3n) is 4.98. The van der Waals surface area contributed by atoms with Crippen molar-refractivity contribution in [1.29, 1.82) is 0 Å². The maximum Gasteiger partial charge on any atom is 0.287 e. The first-order chi connectivity index (χ1) is 14.9. The number of nitrogens with zero attached hydrogens (tertiary/aromatic N) is 3. The summed E-state index contributed by atoms with van der Waals surface area (Å²) in [5.41, 5.74) is 1.94. The van der Waals surface area contributed by atoms with Crippen LogP contribution in [0.3, 0.4) is 0 Å². The van der Waals surface area contributed by atoms with Crippen molar-refractivity contribution in [3.8, 4) is 0 Å². The largest absolute Gasteiger partial charge is 0.549 e. The first-order valence-electron chi connectivity index (χ1n) is 9.68. The van der Waals surface area contributed by atoms with E-state index in [-0.39, 0.29) is 16.5 Å². The topological polar surface area (TPSA) is 121 Å². The second-order valence-corrected chi connectivity index (χ2v) is 9.62. The van der Waals surface area contributed by atoms with Gasteiger partial charge in [0.2, 0.25) is 0 Å². The van der Waals surface area contributed by atoms with Crippen molar-refractivity contribution >= 4 is 62.4 Å². The smallest absolute Gasteiger partial charge is 0.287 e. The molecular weight excluding hydrogens is 460 g/mol. The van der Waals surface area contributed by atoms with E-state index in [1.165, 1.54) is 28.3 Å². The van der Waals surface area contributed by atoms with Gasteiger partial charge in [-0.1, -0.05) is 17.7 Å². The highest BCUT2D eigenvalue weighted by atomic mass is 35.5. The molecule has 4 rings (SSSR count). The third-order valence-corrected chi connectivity index (χ3v) is 7.37. The number of aryl methyl sites for hydroxylation is 2. The van der Waals surface area contributed by atoms with Crippen molar-refractivity contribution in [3.63, 3.8) is 0 Å². The number of aliphatic carboxylic acids is 1. The van der Waals surface area contributed by atoms with Gasteiger partial charge in [-0.25, -0.2) is 9.97 Å². The van der Waals surface area contributed by atoms with Gasteiger partial charge in [0.25, 0.3) is 5.69 Å². The van der Waals surface area contributed by atoms with Crippen LogP contribution in [-0.2, 0) is 29.9 Å². The van der Waals surface area contributed by atoms with Gasteiger partial charge in [0.1, 0.15) is 21.5 Å². The van der Waals surface area contributed by atoms with Gasteiger partial charge in [0.05, 0.1) is 22.0 Å². The molecule has 11 heteroatoms. The van der Waals surface area contributed by atoms with Crippen LogP contribution in [0.15, 0.2) is 18.2 Å². The molecule has 0 spiro atoms. The molecule has 0 atom stereocenters. The highest BCUT2D eigenvalue weighted by molar-refractivity contribution is 7.99. The second kappa shape index (κ2) is 9.37. The molecule has 2 aromatic heterocycles. The van der Waals surface area contributed by atoms with Crippen molar-refractivity contribution in [3.05, 3.63) is 55.2 Å². The summed E-state index contributed by atoms with van der Waals surface area (Å²) < 4.78 is 0. The number of carbonyl (C=O) groups excluding carboxylic acids is 1. The number of hydrogen-bond donors (Lipinski definition) is 1. The molecule has 2 heterocycles. The van der Waals surface area contributed by atoms with E-state index in [9.17, 15) is 20.0 Å². The van der Waals surface area contributed by atoms with Crippen molar-refractivity contribution < 1.29 is 14.8 Å². The fourth-order valence-electron chi connectivity index (χ4n) is 3.61. The highest BCUT2D eigenvalue weighted by Crippen LogP contribution is 2.39. The maximum absolute atomic E-state index is 11.0. The van der Waals surface area contributed by atoms with Crippen molar-refractivity contribution in [2.24, 2.45) is 0 Å². The van der Waals surface area contributed by atoms with Gasteiger partial charge >= 0.3 is 0 Å². The maximum atomic E-state index is 11.0. The number of hydrogen-bond acceptors (Lipinski definition) is 9. The predicted molar refractivity (Wildman–Crippen MR) is 121 cm³/mol. The summed E-state index contributed by atoms with van der Waals surface area (Å²) in [5, 5.41) is 26.1. The van der Waals surface area contributed by atoms with Crippen molar-refractivity contribution in [2.45, 2.75) is 38.0 Å². The SMILES string of the molecule is O=C([O-])CSCc1nc(NCc2ccc([N+](=O)[O-])c(Cl)c2)c2c3c(sc2n1)CCCC3. The second-order valence-electron chi connectivity index (χ2n) is 7.14. The molecule has 0 amide bonds. The van der Waals surface area contributed by atoms with Gasteiger partial charge < -0.3 is 15.2 Å². The number of nitro groups is 1. The minimum atomic E-state index is -1.12. The number of anilines is 1. The number of carboxylic acid groups (broad SMARTS) is 1. The summed E-state index contributed by atoms with van der Waals surface area (Å²) >= 11 is 8.91. The van der Waals surface area contributed by atoms with Crippen LogP contribution >= 0.6 is 34.7 Å². The number of rotatable bonds is 8. The van der Waals surface area contributed by atoms with E-state index < -0.39 is 10.9 Å². The van der Waals surface area contributed by atoms with Gasteiger partial charge in [0, 0.05) is 23.2 Å². The van der Waals surface area contributed by atoms with Gasteiger partial charge in [-0.15, -0.1) is 23.1 Å². The lowest BCUT2D eigenvalue weighted by Crippen LogP contribution is -2.24. The quantitative estimate of drug-likeness (QED) is 0.384. The number of carbonyl (C=O) groups is 1. The Hall–Kier alpha value is -2.43. The van der Waals surface area contributed by atoms with E-state index in [0.29, 0.717) is 23.9 Å². The molecule has 1 N–H and O–H groups in total. The average molecular weight is 478 g/mol. The number of nitro benzene ring substituents is 1. The van der Waals surface area contributed by atoms with Crippen LogP contribution in [0.1, 0.15) is 34.7 Å². The van der Waals surface area contributed by atoms with Crippen LogP contribution in [0.4, 0.5) is 11.5 Å². The van der Waals surface area contributed by atoms with Crippen molar-refractivity contribution in [1.82, 2.24) is 9.97 Å². The normalized spacial score (nSPS) is 13.2. The molecule has 0 saturated carbocycles. The summed E-state index contributed by atoms with van der Waals surface area (Å²) in [7, 11) is 0. The number of thioether (sulfide) groups is 1. The van der Waals surface area contributed by atoms with Crippen LogP contribution in [0, 0.1) is 10.1 Å². The van der Waals surface area contributed by atoms with E-state index in [1.807, 2.05) is 0 Å². The molecule has 1 aliphatic carbocycles. The Bertz CT molecular complexity index is 1170. The molecule has 0 saturated heterocycles. The zero-order valence-electron chi connectivity index (χ0n) is 16.4. The summed E-state index contributed by atoms with van der Waals surface area (Å²) in [5.74, 6) is 0.382. The molecule has 0 fully saturated rings. The van der Waals surface area contributed by atoms with E-state index >= 15 is 0 Å². The molecule has 0 aliphatic heterocycles. The van der Waals surface area contributed by atoms with Crippen LogP contribution in [0.2, 0.25) is 5.02 Å². The Morgan fingerprint density at radius 2 is 2.10 bits per heavy atom. The van der Waals surface area contributed by atoms with Gasteiger partial charge in [-0.2, -0.15) is 0 Å². The van der Waals surface area contributed by atoms with E-state index in [1.54, 1.807) is 23.5 Å². The Morgan fingerprint density at radius 3 is 2.84 bits per heavy atom. The zero-order chi connectivity index (χ0) is 22.0. The Morgan fingerprint density at radius 1 is 1.29 bits per heavy atom. The number of carboxylic acids is 1. The first kappa shape index (κ1) is 21.8. The summed E-state index contributed by atoms with van der Waals surface area (Å²) in [4.78, 5) is 32.8. The molecular formula is C20H18ClN4O4S2-. The monoisotopic (exact) mass is 477 g/mol. The number of halogens is 1. The molecule has 162 valence electrons. The van der Waals surface area contributed by atoms with E-state index in [4.69, 9.17) is 11.6 Å². The molecule has 0 bridgehead atoms. The zero-order valence-corrected chi connectivity index (χ0v) is 18.7. The predicted octanol–water partition coefficient (Wildman–Crippen LogP) is 3.73. The number of benzene rings is 1. The van der Waals surface area contributed by atoms with Gasteiger partial charge in [-0.3, -0.25) is 10.1 Å². The first-order valence-corrected chi connectivity index (χ1v) is 12.0. The van der Waals surface area contributed by atoms with Crippen LogP contribution in [-0.4, -0.2) is 26.6 Å². The molecule has 1 aromatic carbocycles. The summed E-state index contributed by atoms with van der Waals surface area (Å²) in [6.07, 6.45) is 4.29. The molecule has 8 nitrogen and oxygen atoms in total. The summed E-state index contributed by atoms with van der Waals surface area (Å²) in [6.45, 7) is 0.389. The summed E-state index contributed by atoms with van der Waals surface area (Å²) in [6, 6.07) is 4.63. The Balaban J connectivity index is 1.64. The standard InChI is InChI=1S/C20H19ClN4O4S2/c21-13-7-11(5-6-14(13)25(28)29)8-22-19-18-12-3-1-2-4-15(12)31-20(18)24-16(23-19)9-30-10-17(26)27/h5-7H,1-4,8-10H2,(H,26,27)(H,22,23,24)/p-1. The van der Waals surface area contributed by atoms with Crippen molar-refractivity contribution in [2.75, 3.05) is 11.1 Å². The lowest BCUT2D eigenvalue weighted by atomic mass is 9.97. The van der Waals surface area contributed by atoms with Crippen LogP contribution < -0.4 is 10.4 Å². The fraction of sp³-hybridized carbons (Fsp3) is 0.350. The molecule has 3 aromatic rings. The molecule has 0 unspecified atom stereocenters. The number of nitrogens with one attached hydrogen (secondary N) is 1. The van der Waals surface area contributed by atoms with E-state index in [0.717, 1.165) is 41.5 Å². The van der Waals surface area contributed by atoms with Gasteiger partial charge in [-0.05, 0) is 42.9 Å². The minimum Gasteiger partial charge on any atom is -0.549 e. The highest BCUT2D eigenvalue weighted by Gasteiger charge is 2.21. The average Bonchev–Trinajstić information content (AvgIpc) is 3.10. The van der Waals surface area contributed by atoms with Gasteiger partial charge in [0.15, 0.2) is 0 Å².